The fourth-order valence-electron chi connectivity index (χ4n) is 3.26. The van der Waals surface area contributed by atoms with E-state index in [1.807, 2.05) is 24.3 Å². The number of cyclic esters (lactones) is 1. The van der Waals surface area contributed by atoms with Crippen molar-refractivity contribution in [3.63, 3.8) is 0 Å². The molecule has 1 fully saturated rings. The van der Waals surface area contributed by atoms with Crippen molar-refractivity contribution < 1.29 is 13.9 Å². The Morgan fingerprint density at radius 2 is 2.08 bits per heavy atom. The van der Waals surface area contributed by atoms with Gasteiger partial charge in [0, 0.05) is 30.6 Å². The van der Waals surface area contributed by atoms with Crippen LogP contribution in [0.4, 0.5) is 9.18 Å². The minimum Gasteiger partial charge on any atom is -0.449 e. The third-order valence-electron chi connectivity index (χ3n) is 4.73. The van der Waals surface area contributed by atoms with Gasteiger partial charge in [0.05, 0.1) is 16.8 Å². The average molecular weight is 370 g/mol. The molecule has 1 atom stereocenters. The second kappa shape index (κ2) is 7.03. The number of thiazole rings is 1. The van der Waals surface area contributed by atoms with Gasteiger partial charge in [-0.2, -0.15) is 0 Å². The first-order chi connectivity index (χ1) is 12.6. The van der Waals surface area contributed by atoms with Gasteiger partial charge in [0.2, 0.25) is 0 Å². The fourth-order valence-corrected chi connectivity index (χ4v) is 4.21. The van der Waals surface area contributed by atoms with Crippen LogP contribution in [0.25, 0.3) is 20.8 Å². The Morgan fingerprint density at radius 1 is 1.27 bits per heavy atom. The van der Waals surface area contributed by atoms with Crippen molar-refractivity contribution in [1.82, 2.24) is 9.88 Å². The molecule has 1 amide bonds. The van der Waals surface area contributed by atoms with Gasteiger partial charge in [-0.15, -0.1) is 11.3 Å². The summed E-state index contributed by atoms with van der Waals surface area (Å²) in [6, 6.07) is 12.9. The van der Waals surface area contributed by atoms with Crippen LogP contribution < -0.4 is 0 Å². The summed E-state index contributed by atoms with van der Waals surface area (Å²) in [5, 5.41) is 0.862. The van der Waals surface area contributed by atoms with E-state index in [0.717, 1.165) is 33.7 Å². The van der Waals surface area contributed by atoms with Gasteiger partial charge in [0.1, 0.15) is 10.8 Å². The largest absolute Gasteiger partial charge is 0.449 e. The van der Waals surface area contributed by atoms with Gasteiger partial charge in [-0.1, -0.05) is 31.2 Å². The monoisotopic (exact) mass is 370 g/mol. The van der Waals surface area contributed by atoms with E-state index in [1.165, 1.54) is 12.1 Å². The minimum absolute atomic E-state index is 0.232. The number of aromatic nitrogens is 1. The lowest BCUT2D eigenvalue weighted by molar-refractivity contribution is 0.0394. The van der Waals surface area contributed by atoms with Crippen molar-refractivity contribution in [2.24, 2.45) is 0 Å². The Labute approximate surface area is 155 Å². The van der Waals surface area contributed by atoms with Crippen LogP contribution in [0.1, 0.15) is 25.3 Å². The Balaban J connectivity index is 1.55. The van der Waals surface area contributed by atoms with Crippen LogP contribution in [0.2, 0.25) is 0 Å². The molecule has 1 aliphatic rings. The van der Waals surface area contributed by atoms with Gasteiger partial charge in [-0.25, -0.2) is 14.2 Å². The lowest BCUT2D eigenvalue weighted by Crippen LogP contribution is -2.44. The molecule has 6 heteroatoms. The van der Waals surface area contributed by atoms with E-state index in [9.17, 15) is 9.18 Å². The molecule has 26 heavy (non-hydrogen) atoms. The predicted molar refractivity (Wildman–Crippen MR) is 101 cm³/mol. The maximum atomic E-state index is 13.3. The Morgan fingerprint density at radius 3 is 2.85 bits per heavy atom. The van der Waals surface area contributed by atoms with Gasteiger partial charge in [-0.3, -0.25) is 0 Å². The zero-order chi connectivity index (χ0) is 18.1. The number of carbonyl (C=O) groups is 1. The molecule has 0 saturated carbocycles. The van der Waals surface area contributed by atoms with Gasteiger partial charge in [-0.05, 0) is 24.1 Å². The van der Waals surface area contributed by atoms with Gasteiger partial charge in [0.25, 0.3) is 0 Å². The molecular formula is C20H19FN2O2S. The van der Waals surface area contributed by atoms with Crippen molar-refractivity contribution >= 4 is 27.6 Å². The van der Waals surface area contributed by atoms with Crippen molar-refractivity contribution in [2.45, 2.75) is 32.4 Å². The maximum absolute atomic E-state index is 13.3. The van der Waals surface area contributed by atoms with Crippen LogP contribution in [0, 0.1) is 5.82 Å². The Hall–Kier alpha value is -2.47. The number of rotatable bonds is 4. The number of hydrogen-bond donors (Lipinski definition) is 0. The van der Waals surface area contributed by atoms with Crippen LogP contribution in [-0.4, -0.2) is 28.6 Å². The van der Waals surface area contributed by atoms with E-state index in [1.54, 1.807) is 22.3 Å². The Kier molecular flexibility index (Phi) is 4.59. The molecule has 0 aliphatic carbocycles. The second-order valence-electron chi connectivity index (χ2n) is 6.42. The van der Waals surface area contributed by atoms with Crippen molar-refractivity contribution in [2.75, 3.05) is 6.61 Å². The molecule has 4 nitrogen and oxygen atoms in total. The van der Waals surface area contributed by atoms with E-state index in [2.05, 4.69) is 11.9 Å². The summed E-state index contributed by atoms with van der Waals surface area (Å²) in [5.74, 6) is -0.274. The molecule has 1 saturated heterocycles. The molecule has 2 heterocycles. The molecule has 0 spiro atoms. The summed E-state index contributed by atoms with van der Waals surface area (Å²) in [5.41, 5.74) is 2.72. The summed E-state index contributed by atoms with van der Waals surface area (Å²) < 4.78 is 19.5. The molecule has 134 valence electrons. The lowest BCUT2D eigenvalue weighted by Gasteiger charge is -2.34. The van der Waals surface area contributed by atoms with Crippen molar-refractivity contribution in [3.8, 4) is 10.6 Å². The summed E-state index contributed by atoms with van der Waals surface area (Å²) in [7, 11) is 0. The smallest absolute Gasteiger partial charge is 0.410 e. The molecule has 1 aliphatic heterocycles. The first-order valence-electron chi connectivity index (χ1n) is 8.73. The van der Waals surface area contributed by atoms with E-state index in [-0.39, 0.29) is 18.0 Å². The highest BCUT2D eigenvalue weighted by Gasteiger charge is 2.28. The van der Waals surface area contributed by atoms with Crippen LogP contribution >= 0.6 is 11.3 Å². The molecule has 4 rings (SSSR count). The normalized spacial score (nSPS) is 17.5. The standard InChI is InChI=1S/C20H19FN2O2S/c1-2-16-9-10-25-20(24)23(16)12-13-3-5-14(6-4-13)19-22-17-11-15(21)7-8-18(17)26-19/h3-8,11,16H,2,9-10,12H2,1H3. The number of nitrogens with zero attached hydrogens (tertiary/aromatic N) is 2. The Bertz CT molecular complexity index is 939. The number of fused-ring (bicyclic) bond motifs is 1. The minimum atomic E-state index is -0.274. The van der Waals surface area contributed by atoms with Crippen molar-refractivity contribution in [3.05, 3.63) is 53.8 Å². The molecule has 1 unspecified atom stereocenters. The zero-order valence-electron chi connectivity index (χ0n) is 14.4. The van der Waals surface area contributed by atoms with E-state index < -0.39 is 0 Å². The number of benzene rings is 2. The van der Waals surface area contributed by atoms with E-state index in [0.29, 0.717) is 18.7 Å². The van der Waals surface area contributed by atoms with Crippen LogP contribution in [-0.2, 0) is 11.3 Å². The third kappa shape index (κ3) is 3.29. The van der Waals surface area contributed by atoms with Crippen LogP contribution in [0.15, 0.2) is 42.5 Å². The molecule has 0 N–H and O–H groups in total. The number of hydrogen-bond acceptors (Lipinski definition) is 4. The van der Waals surface area contributed by atoms with Crippen molar-refractivity contribution in [1.29, 1.82) is 0 Å². The van der Waals surface area contributed by atoms with E-state index in [4.69, 9.17) is 4.74 Å². The van der Waals surface area contributed by atoms with E-state index >= 15 is 0 Å². The number of amides is 1. The molecular weight excluding hydrogens is 351 g/mol. The lowest BCUT2D eigenvalue weighted by atomic mass is 10.1. The highest BCUT2D eigenvalue weighted by atomic mass is 32.1. The average Bonchev–Trinajstić information content (AvgIpc) is 3.07. The highest BCUT2D eigenvalue weighted by Crippen LogP contribution is 2.31. The van der Waals surface area contributed by atoms with Gasteiger partial charge in [0.15, 0.2) is 0 Å². The van der Waals surface area contributed by atoms with Gasteiger partial charge < -0.3 is 9.64 Å². The quantitative estimate of drug-likeness (QED) is 0.632. The maximum Gasteiger partial charge on any atom is 0.410 e. The molecule has 2 aromatic carbocycles. The first-order valence-corrected chi connectivity index (χ1v) is 9.54. The fraction of sp³-hybridized carbons (Fsp3) is 0.300. The molecule has 0 bridgehead atoms. The zero-order valence-corrected chi connectivity index (χ0v) is 15.3. The number of ether oxygens (including phenoxy) is 1. The van der Waals surface area contributed by atoms with Gasteiger partial charge >= 0.3 is 6.09 Å². The second-order valence-corrected chi connectivity index (χ2v) is 7.45. The number of carbonyl (C=O) groups excluding carboxylic acids is 1. The highest BCUT2D eigenvalue weighted by molar-refractivity contribution is 7.21. The van der Waals surface area contributed by atoms with Crippen LogP contribution in [0.5, 0.6) is 0 Å². The summed E-state index contributed by atoms with van der Waals surface area (Å²) in [6.45, 7) is 3.14. The number of halogens is 1. The summed E-state index contributed by atoms with van der Waals surface area (Å²) >= 11 is 1.54. The molecule has 1 aromatic heterocycles. The third-order valence-corrected chi connectivity index (χ3v) is 5.81. The van der Waals surface area contributed by atoms with Crippen LogP contribution in [0.3, 0.4) is 0 Å². The summed E-state index contributed by atoms with van der Waals surface area (Å²) in [6.07, 6.45) is 1.57. The molecule has 0 radical (unpaired) electrons. The first kappa shape index (κ1) is 17.0. The predicted octanol–water partition coefficient (Wildman–Crippen LogP) is 5.22. The summed E-state index contributed by atoms with van der Waals surface area (Å²) in [4.78, 5) is 18.4. The topological polar surface area (TPSA) is 42.4 Å². The molecule has 3 aromatic rings. The SMILES string of the molecule is CCC1CCOC(=O)N1Cc1ccc(-c2nc3cc(F)ccc3s2)cc1.